The maximum atomic E-state index is 11.7. The standard InChI is InChI=1S/C11H13NO4/c12-8(6-13)11(14)7-1-2-9-10(5-7)16-4-3-15-9/h1-2,5,8,13H,3-4,6,12H2. The van der Waals surface area contributed by atoms with Crippen molar-refractivity contribution in [3.05, 3.63) is 23.8 Å². The Bertz CT molecular complexity index is 405. The lowest BCUT2D eigenvalue weighted by Crippen LogP contribution is -2.34. The van der Waals surface area contributed by atoms with Crippen LogP contribution >= 0.6 is 0 Å². The van der Waals surface area contributed by atoms with Crippen molar-refractivity contribution in [2.24, 2.45) is 5.73 Å². The van der Waals surface area contributed by atoms with Gasteiger partial charge in [0, 0.05) is 5.56 Å². The van der Waals surface area contributed by atoms with E-state index in [0.29, 0.717) is 30.3 Å². The molecular weight excluding hydrogens is 210 g/mol. The van der Waals surface area contributed by atoms with E-state index in [1.165, 1.54) is 0 Å². The van der Waals surface area contributed by atoms with Crippen molar-refractivity contribution in [2.45, 2.75) is 6.04 Å². The van der Waals surface area contributed by atoms with Gasteiger partial charge in [-0.05, 0) is 18.2 Å². The van der Waals surface area contributed by atoms with E-state index in [2.05, 4.69) is 0 Å². The smallest absolute Gasteiger partial charge is 0.181 e. The zero-order chi connectivity index (χ0) is 11.5. The van der Waals surface area contributed by atoms with Crippen molar-refractivity contribution < 1.29 is 19.4 Å². The summed E-state index contributed by atoms with van der Waals surface area (Å²) in [5.41, 5.74) is 5.88. The molecule has 0 aromatic heterocycles. The number of benzene rings is 1. The Morgan fingerprint density at radius 1 is 1.38 bits per heavy atom. The first-order valence-electron chi connectivity index (χ1n) is 5.02. The van der Waals surface area contributed by atoms with Gasteiger partial charge < -0.3 is 20.3 Å². The number of ketones is 1. The second-order valence-corrected chi connectivity index (χ2v) is 3.51. The summed E-state index contributed by atoms with van der Waals surface area (Å²) in [5, 5.41) is 8.80. The minimum atomic E-state index is -0.887. The van der Waals surface area contributed by atoms with Crippen LogP contribution in [0.15, 0.2) is 18.2 Å². The van der Waals surface area contributed by atoms with Crippen LogP contribution in [-0.4, -0.2) is 36.8 Å². The average Bonchev–Trinajstić information content (AvgIpc) is 2.36. The number of carbonyl (C=O) groups is 1. The number of hydrogen-bond acceptors (Lipinski definition) is 5. The van der Waals surface area contributed by atoms with Crippen molar-refractivity contribution in [2.75, 3.05) is 19.8 Å². The molecule has 5 nitrogen and oxygen atoms in total. The van der Waals surface area contributed by atoms with Crippen LogP contribution in [0.25, 0.3) is 0 Å². The number of rotatable bonds is 3. The zero-order valence-electron chi connectivity index (χ0n) is 8.68. The predicted octanol–water partition coefficient (Wildman–Crippen LogP) is -0.0399. The van der Waals surface area contributed by atoms with Crippen LogP contribution in [0.3, 0.4) is 0 Å². The van der Waals surface area contributed by atoms with Crippen LogP contribution < -0.4 is 15.2 Å². The van der Waals surface area contributed by atoms with Gasteiger partial charge >= 0.3 is 0 Å². The molecule has 2 rings (SSSR count). The number of nitrogens with two attached hydrogens (primary N) is 1. The molecule has 1 unspecified atom stereocenters. The van der Waals surface area contributed by atoms with E-state index in [1.807, 2.05) is 0 Å². The monoisotopic (exact) mass is 223 g/mol. The molecule has 0 aliphatic carbocycles. The van der Waals surface area contributed by atoms with Gasteiger partial charge in [-0.1, -0.05) is 0 Å². The second kappa shape index (κ2) is 4.51. The van der Waals surface area contributed by atoms with Crippen molar-refractivity contribution in [1.29, 1.82) is 0 Å². The maximum absolute atomic E-state index is 11.7. The highest BCUT2D eigenvalue weighted by Crippen LogP contribution is 2.30. The number of hydrogen-bond donors (Lipinski definition) is 2. The summed E-state index contributed by atoms with van der Waals surface area (Å²) in [6.07, 6.45) is 0. The van der Waals surface area contributed by atoms with Crippen LogP contribution in [0, 0.1) is 0 Å². The quantitative estimate of drug-likeness (QED) is 0.703. The van der Waals surface area contributed by atoms with Crippen molar-refractivity contribution in [3.63, 3.8) is 0 Å². The van der Waals surface area contributed by atoms with Crippen LogP contribution in [0.1, 0.15) is 10.4 Å². The summed E-state index contributed by atoms with van der Waals surface area (Å²) in [7, 11) is 0. The molecule has 0 amide bonds. The fraction of sp³-hybridized carbons (Fsp3) is 0.364. The number of ether oxygens (including phenoxy) is 2. The molecule has 1 aliphatic heterocycles. The van der Waals surface area contributed by atoms with Crippen LogP contribution in [0.5, 0.6) is 11.5 Å². The van der Waals surface area contributed by atoms with Crippen LogP contribution in [0.4, 0.5) is 0 Å². The van der Waals surface area contributed by atoms with E-state index < -0.39 is 6.04 Å². The van der Waals surface area contributed by atoms with Crippen LogP contribution in [-0.2, 0) is 0 Å². The van der Waals surface area contributed by atoms with Gasteiger partial charge in [-0.15, -0.1) is 0 Å². The third-order valence-electron chi connectivity index (χ3n) is 2.36. The van der Waals surface area contributed by atoms with Gasteiger partial charge in [0.15, 0.2) is 17.3 Å². The van der Waals surface area contributed by atoms with Gasteiger partial charge in [0.2, 0.25) is 0 Å². The Balaban J connectivity index is 2.26. The molecule has 1 aliphatic rings. The minimum Gasteiger partial charge on any atom is -0.486 e. The Morgan fingerprint density at radius 2 is 2.06 bits per heavy atom. The first-order valence-corrected chi connectivity index (χ1v) is 5.02. The van der Waals surface area contributed by atoms with Crippen molar-refractivity contribution in [1.82, 2.24) is 0 Å². The molecule has 0 radical (unpaired) electrons. The molecule has 0 bridgehead atoms. The first-order chi connectivity index (χ1) is 7.72. The third kappa shape index (κ3) is 2.00. The number of aliphatic hydroxyl groups is 1. The SMILES string of the molecule is NC(CO)C(=O)c1ccc2c(c1)OCCO2. The fourth-order valence-electron chi connectivity index (χ4n) is 1.49. The van der Waals surface area contributed by atoms with Gasteiger partial charge in [0.1, 0.15) is 13.2 Å². The lowest BCUT2D eigenvalue weighted by atomic mass is 10.0. The van der Waals surface area contributed by atoms with Gasteiger partial charge in [0.25, 0.3) is 0 Å². The highest BCUT2D eigenvalue weighted by Gasteiger charge is 2.18. The summed E-state index contributed by atoms with van der Waals surface area (Å²) >= 11 is 0. The topological polar surface area (TPSA) is 81.8 Å². The molecule has 3 N–H and O–H groups in total. The summed E-state index contributed by atoms with van der Waals surface area (Å²) in [5.74, 6) is 0.863. The Kier molecular flexibility index (Phi) is 3.07. The highest BCUT2D eigenvalue weighted by molar-refractivity contribution is 6.00. The number of aliphatic hydroxyl groups excluding tert-OH is 1. The van der Waals surface area contributed by atoms with Gasteiger partial charge in [-0.3, -0.25) is 4.79 Å². The number of fused-ring (bicyclic) bond motifs is 1. The van der Waals surface area contributed by atoms with Crippen molar-refractivity contribution in [3.8, 4) is 11.5 Å². The second-order valence-electron chi connectivity index (χ2n) is 3.51. The predicted molar refractivity (Wildman–Crippen MR) is 56.8 cm³/mol. The summed E-state index contributed by atoms with van der Waals surface area (Å²) in [6.45, 7) is 0.612. The Labute approximate surface area is 92.8 Å². The maximum Gasteiger partial charge on any atom is 0.181 e. The fourth-order valence-corrected chi connectivity index (χ4v) is 1.49. The number of Topliss-reactive ketones (excluding diaryl/α,β-unsaturated/α-hetero) is 1. The van der Waals surface area contributed by atoms with E-state index in [9.17, 15) is 4.79 Å². The average molecular weight is 223 g/mol. The summed E-state index contributed by atoms with van der Waals surface area (Å²) < 4.78 is 10.7. The molecular formula is C11H13NO4. The lowest BCUT2D eigenvalue weighted by Gasteiger charge is -2.19. The van der Waals surface area contributed by atoms with Gasteiger partial charge in [-0.2, -0.15) is 0 Å². The molecule has 1 aromatic rings. The largest absolute Gasteiger partial charge is 0.486 e. The Hall–Kier alpha value is -1.59. The number of carbonyl (C=O) groups excluding carboxylic acids is 1. The lowest BCUT2D eigenvalue weighted by molar-refractivity contribution is 0.0924. The first kappa shape index (κ1) is 10.9. The molecule has 1 aromatic carbocycles. The molecule has 1 heterocycles. The van der Waals surface area contributed by atoms with E-state index in [-0.39, 0.29) is 12.4 Å². The zero-order valence-corrected chi connectivity index (χ0v) is 8.68. The molecule has 0 saturated heterocycles. The molecule has 86 valence electrons. The van der Waals surface area contributed by atoms with Gasteiger partial charge in [-0.25, -0.2) is 0 Å². The molecule has 0 saturated carbocycles. The van der Waals surface area contributed by atoms with Gasteiger partial charge in [0.05, 0.1) is 12.6 Å². The van der Waals surface area contributed by atoms with E-state index in [1.54, 1.807) is 18.2 Å². The molecule has 16 heavy (non-hydrogen) atoms. The molecule has 1 atom stereocenters. The van der Waals surface area contributed by atoms with Crippen molar-refractivity contribution >= 4 is 5.78 Å². The normalized spacial score (nSPS) is 15.6. The highest BCUT2D eigenvalue weighted by atomic mass is 16.6. The molecule has 0 spiro atoms. The van der Waals surface area contributed by atoms with E-state index in [0.717, 1.165) is 0 Å². The minimum absolute atomic E-state index is 0.306. The summed E-state index contributed by atoms with van der Waals surface area (Å²) in [6, 6.07) is 3.99. The third-order valence-corrected chi connectivity index (χ3v) is 2.36. The Morgan fingerprint density at radius 3 is 2.75 bits per heavy atom. The van der Waals surface area contributed by atoms with E-state index >= 15 is 0 Å². The van der Waals surface area contributed by atoms with E-state index in [4.69, 9.17) is 20.3 Å². The molecule has 5 heteroatoms. The van der Waals surface area contributed by atoms with Crippen LogP contribution in [0.2, 0.25) is 0 Å². The molecule has 0 fully saturated rings. The summed E-state index contributed by atoms with van der Waals surface area (Å²) in [4.78, 5) is 11.7.